The summed E-state index contributed by atoms with van der Waals surface area (Å²) in [7, 11) is -6.04. The second kappa shape index (κ2) is 24.9. The van der Waals surface area contributed by atoms with Crippen LogP contribution >= 0.6 is 0 Å². The van der Waals surface area contributed by atoms with Gasteiger partial charge in [-0.15, -0.1) is 0 Å². The van der Waals surface area contributed by atoms with Gasteiger partial charge in [0.2, 0.25) is 0 Å². The molecule has 0 saturated heterocycles. The van der Waals surface area contributed by atoms with E-state index in [0.29, 0.717) is 0 Å². The molecule has 2 heterocycles. The van der Waals surface area contributed by atoms with Gasteiger partial charge in [-0.3, -0.25) is 0 Å². The molecule has 0 aliphatic carbocycles. The molecule has 2 aliphatic heterocycles. The first kappa shape index (κ1) is 58.1. The monoisotopic (exact) mass is 1260 g/mol. The van der Waals surface area contributed by atoms with E-state index in [-0.39, 0.29) is 6.71 Å². The molecule has 0 saturated carbocycles. The zero-order valence-corrected chi connectivity index (χ0v) is 55.0. The number of anilines is 9. The van der Waals surface area contributed by atoms with Crippen molar-refractivity contribution in [3.05, 3.63) is 400 Å². The molecule has 0 N–H and O–H groups in total. The SMILES string of the molecule is c1ccc(-c2cccc(N3c4ccc(-c5ccccc5)cc4B4c5cc([Si](c6ccccc6)(c6ccccc6)c6ccccc6)ccc5N(c5ccc([Si](c6ccccc6)(c6ccccc6)c6ccccc6)cc5)c5cc(N(c6ccccc6)c6ccccc6)cc3c54)c2)cc1. The summed E-state index contributed by atoms with van der Waals surface area (Å²) in [6.07, 6.45) is 0. The smallest absolute Gasteiger partial charge is 0.252 e. The van der Waals surface area contributed by atoms with Crippen LogP contribution in [0.25, 0.3) is 22.3 Å². The Morgan fingerprint density at radius 2 is 0.531 bits per heavy atom. The average Bonchev–Trinajstić information content (AvgIpc) is 0.693. The number of hydrogen-bond acceptors (Lipinski definition) is 3. The Morgan fingerprint density at radius 1 is 0.208 bits per heavy atom. The molecule has 0 radical (unpaired) electrons. The molecule has 0 spiro atoms. The molecule has 3 nitrogen and oxygen atoms in total. The van der Waals surface area contributed by atoms with Crippen molar-refractivity contribution in [3.8, 4) is 22.3 Å². The maximum absolute atomic E-state index is 3.10. The van der Waals surface area contributed by atoms with Gasteiger partial charge < -0.3 is 14.7 Å². The molecule has 6 heteroatoms. The second-order valence-corrected chi connectivity index (χ2v) is 32.7. The maximum Gasteiger partial charge on any atom is 0.252 e. The van der Waals surface area contributed by atoms with E-state index in [0.717, 1.165) is 56.7 Å². The number of para-hydroxylation sites is 2. The van der Waals surface area contributed by atoms with E-state index >= 15 is 0 Å². The Hall–Kier alpha value is -11.8. The fourth-order valence-corrected chi connectivity index (χ4v) is 25.3. The highest BCUT2D eigenvalue weighted by Gasteiger charge is 2.48. The first-order valence-electron chi connectivity index (χ1n) is 33.3. The topological polar surface area (TPSA) is 9.72 Å². The van der Waals surface area contributed by atoms with E-state index in [9.17, 15) is 0 Å². The standard InChI is InChI=1S/C90H66BN3Si2/c1-11-32-67(33-12-1)69-36-31-41-74(62-69)94-86-60-54-70(68-34-13-2-14-35-68)63-84(86)91-85-66-83(96(79-48-25-8-26-49-79,80-50-27-9-28-51-80)81-52-29-10-30-53-81)59-61-87(85)93(88-64-75(65-89(94)90(88)91)92(71-37-15-3-16-38-71)72-39-17-4-18-40-72)73-55-57-82(58-56-73)95(76-42-19-5-20-43-76,77-44-21-6-22-45-77)78-46-23-7-24-47-78/h1-66H. The predicted octanol–water partition coefficient (Wildman–Crippen LogP) is 15.3. The van der Waals surface area contributed by atoms with Crippen molar-refractivity contribution in [3.63, 3.8) is 0 Å². The third kappa shape index (κ3) is 9.88. The van der Waals surface area contributed by atoms with Gasteiger partial charge in [0.15, 0.2) is 16.1 Å². The first-order chi connectivity index (χ1) is 47.6. The van der Waals surface area contributed by atoms with Crippen LogP contribution in [0.1, 0.15) is 0 Å². The van der Waals surface area contributed by atoms with Crippen LogP contribution in [-0.4, -0.2) is 22.9 Å². The minimum atomic E-state index is -3.10. The second-order valence-electron chi connectivity index (χ2n) is 25.1. The van der Waals surface area contributed by atoms with Crippen LogP contribution in [0, 0.1) is 0 Å². The third-order valence-electron chi connectivity index (χ3n) is 19.9. The molecule has 2 aliphatic rings. The number of fused-ring (bicyclic) bond motifs is 4. The van der Waals surface area contributed by atoms with Crippen LogP contribution in [0.2, 0.25) is 0 Å². The Kier molecular flexibility index (Phi) is 15.1. The molecule has 0 fully saturated rings. The lowest BCUT2D eigenvalue weighted by Gasteiger charge is -2.46. The zero-order chi connectivity index (χ0) is 63.8. The van der Waals surface area contributed by atoms with Gasteiger partial charge in [0, 0.05) is 45.5 Å². The summed E-state index contributed by atoms with van der Waals surface area (Å²) in [4.78, 5) is 7.64. The predicted molar refractivity (Wildman–Crippen MR) is 413 cm³/mol. The molecule has 15 aromatic carbocycles. The number of nitrogens with zero attached hydrogens (tertiary/aromatic N) is 3. The van der Waals surface area contributed by atoms with E-state index in [1.165, 1.54) is 74.6 Å². The van der Waals surface area contributed by atoms with Gasteiger partial charge in [0.25, 0.3) is 6.71 Å². The van der Waals surface area contributed by atoms with E-state index in [2.05, 4.69) is 415 Å². The number of hydrogen-bond donors (Lipinski definition) is 0. The van der Waals surface area contributed by atoms with E-state index in [1.54, 1.807) is 0 Å². The summed E-state index contributed by atoms with van der Waals surface area (Å²) in [5, 5.41) is 10.7. The summed E-state index contributed by atoms with van der Waals surface area (Å²) < 4.78 is 0. The fraction of sp³-hybridized carbons (Fsp3) is 0. The van der Waals surface area contributed by atoms with E-state index < -0.39 is 16.1 Å². The fourth-order valence-electron chi connectivity index (χ4n) is 15.8. The molecule has 15 aromatic rings. The quantitative estimate of drug-likeness (QED) is 0.0748. The molecular weight excluding hydrogens is 1190 g/mol. The summed E-state index contributed by atoms with van der Waals surface area (Å²) in [5.41, 5.74) is 18.3. The Balaban J connectivity index is 1.00. The van der Waals surface area contributed by atoms with Crippen LogP contribution < -0.4 is 72.6 Å². The van der Waals surface area contributed by atoms with Gasteiger partial charge in [-0.25, -0.2) is 0 Å². The van der Waals surface area contributed by atoms with Gasteiger partial charge in [-0.1, -0.05) is 328 Å². The third-order valence-corrected chi connectivity index (χ3v) is 29.5. The minimum Gasteiger partial charge on any atom is -0.311 e. The van der Waals surface area contributed by atoms with Crippen LogP contribution in [0.5, 0.6) is 0 Å². The minimum absolute atomic E-state index is 0.230. The van der Waals surface area contributed by atoms with E-state index in [1.807, 2.05) is 0 Å². The zero-order valence-electron chi connectivity index (χ0n) is 53.0. The molecule has 0 atom stereocenters. The van der Waals surface area contributed by atoms with Crippen molar-refractivity contribution in [2.24, 2.45) is 0 Å². The Morgan fingerprint density at radius 3 is 0.958 bits per heavy atom. The van der Waals surface area contributed by atoms with Crippen LogP contribution in [0.3, 0.4) is 0 Å². The van der Waals surface area contributed by atoms with Gasteiger partial charge in [-0.05, 0) is 153 Å². The summed E-state index contributed by atoms with van der Waals surface area (Å²) >= 11 is 0. The van der Waals surface area contributed by atoms with E-state index in [4.69, 9.17) is 0 Å². The number of benzene rings is 15. The highest BCUT2D eigenvalue weighted by Crippen LogP contribution is 2.49. The van der Waals surface area contributed by atoms with Gasteiger partial charge in [0.1, 0.15) is 0 Å². The van der Waals surface area contributed by atoms with Crippen LogP contribution in [0.4, 0.5) is 51.2 Å². The maximum atomic E-state index is 2.66. The lowest BCUT2D eigenvalue weighted by Crippen LogP contribution is -2.75. The Bertz CT molecular complexity index is 4980. The summed E-state index contributed by atoms with van der Waals surface area (Å²) in [6, 6.07) is 150. The molecule has 0 bridgehead atoms. The lowest BCUT2D eigenvalue weighted by molar-refractivity contribution is 1.23. The Labute approximate surface area is 565 Å². The molecular formula is C90H66BN3Si2. The van der Waals surface area contributed by atoms with Gasteiger partial charge >= 0.3 is 0 Å². The van der Waals surface area contributed by atoms with Gasteiger partial charge in [-0.2, -0.15) is 0 Å². The largest absolute Gasteiger partial charge is 0.311 e. The summed E-state index contributed by atoms with van der Waals surface area (Å²) in [6.45, 7) is -0.230. The normalized spacial score (nSPS) is 12.3. The molecule has 0 unspecified atom stereocenters. The molecule has 0 aromatic heterocycles. The number of rotatable bonds is 15. The average molecular weight is 1260 g/mol. The van der Waals surface area contributed by atoms with Gasteiger partial charge in [0.05, 0.1) is 5.69 Å². The van der Waals surface area contributed by atoms with Crippen LogP contribution in [-0.2, 0) is 0 Å². The first-order valence-corrected chi connectivity index (χ1v) is 37.3. The highest BCUT2D eigenvalue weighted by molar-refractivity contribution is 7.20. The van der Waals surface area contributed by atoms with Crippen LogP contribution in [0.15, 0.2) is 400 Å². The summed E-state index contributed by atoms with van der Waals surface area (Å²) in [5.74, 6) is 0. The molecule has 0 amide bonds. The molecule has 96 heavy (non-hydrogen) atoms. The van der Waals surface area contributed by atoms with Crippen molar-refractivity contribution in [1.82, 2.24) is 0 Å². The van der Waals surface area contributed by atoms with Crippen molar-refractivity contribution in [2.45, 2.75) is 0 Å². The van der Waals surface area contributed by atoms with Crippen molar-refractivity contribution < 1.29 is 0 Å². The van der Waals surface area contributed by atoms with Crippen molar-refractivity contribution in [1.29, 1.82) is 0 Å². The lowest BCUT2D eigenvalue weighted by atomic mass is 9.33. The van der Waals surface area contributed by atoms with Crippen molar-refractivity contribution in [2.75, 3.05) is 14.7 Å². The highest BCUT2D eigenvalue weighted by atomic mass is 28.3. The molecule has 17 rings (SSSR count). The van der Waals surface area contributed by atoms with Crippen molar-refractivity contribution >= 4 is 132 Å². The molecule has 452 valence electrons.